The molecule has 0 spiro atoms. The Labute approximate surface area is 174 Å². The van der Waals surface area contributed by atoms with Crippen molar-refractivity contribution in [2.24, 2.45) is 5.92 Å². The highest BCUT2D eigenvalue weighted by molar-refractivity contribution is 6.30. The van der Waals surface area contributed by atoms with Gasteiger partial charge < -0.3 is 14.8 Å². The maximum Gasteiger partial charge on any atom is 0.242 e. The molecule has 2 aromatic carbocycles. The number of amides is 1. The zero-order valence-corrected chi connectivity index (χ0v) is 17.1. The van der Waals surface area contributed by atoms with E-state index in [4.69, 9.17) is 21.1 Å². The summed E-state index contributed by atoms with van der Waals surface area (Å²) in [6.45, 7) is 1.98. The summed E-state index contributed by atoms with van der Waals surface area (Å²) in [5.74, 6) is -0.351. The minimum atomic E-state index is -0.941. The summed E-state index contributed by atoms with van der Waals surface area (Å²) in [6.07, 6.45) is 0.149. The van der Waals surface area contributed by atoms with Crippen molar-refractivity contribution in [3.8, 4) is 17.6 Å². The molecule has 3 aromatic rings. The number of nitrogens with zero attached hydrogens (tertiary/aromatic N) is 2. The first kappa shape index (κ1) is 20.4. The zero-order valence-electron chi connectivity index (χ0n) is 16.3. The third-order valence-corrected chi connectivity index (χ3v) is 4.89. The zero-order chi connectivity index (χ0) is 21.0. The van der Waals surface area contributed by atoms with Gasteiger partial charge in [0.05, 0.1) is 31.5 Å². The molecule has 0 aliphatic rings. The van der Waals surface area contributed by atoms with Gasteiger partial charge >= 0.3 is 0 Å². The fourth-order valence-corrected chi connectivity index (χ4v) is 3.20. The van der Waals surface area contributed by atoms with Crippen LogP contribution in [0.25, 0.3) is 10.9 Å². The Balaban J connectivity index is 1.82. The van der Waals surface area contributed by atoms with Crippen molar-refractivity contribution < 1.29 is 14.3 Å². The van der Waals surface area contributed by atoms with E-state index in [0.29, 0.717) is 22.7 Å². The number of hydrogen-bond donors (Lipinski definition) is 1. The van der Waals surface area contributed by atoms with Crippen molar-refractivity contribution >= 4 is 34.1 Å². The summed E-state index contributed by atoms with van der Waals surface area (Å²) >= 11 is 6.32. The number of carbonyl (C=O) groups is 1. The summed E-state index contributed by atoms with van der Waals surface area (Å²) in [5, 5.41) is 13.5. The number of aryl methyl sites for hydroxylation is 1. The maximum atomic E-state index is 12.7. The lowest BCUT2D eigenvalue weighted by molar-refractivity contribution is -0.118. The molecule has 1 unspecified atom stereocenters. The van der Waals surface area contributed by atoms with E-state index in [1.54, 1.807) is 25.3 Å². The number of rotatable bonds is 6. The molecule has 1 atom stereocenters. The van der Waals surface area contributed by atoms with Crippen LogP contribution in [0, 0.1) is 24.2 Å². The van der Waals surface area contributed by atoms with Gasteiger partial charge in [0.1, 0.15) is 22.6 Å². The standard InChI is InChI=1S/C22H20ClN3O3/c1-13-4-5-14-9-15(21(23)25-19(14)8-13)10-16(12-24)22(27)26-18-7-6-17(28-2)11-20(18)29-3/h4-9,11,16H,10H2,1-3H3,(H,26,27). The number of fused-ring (bicyclic) bond motifs is 1. The lowest BCUT2D eigenvalue weighted by Crippen LogP contribution is -2.24. The van der Waals surface area contributed by atoms with E-state index in [-0.39, 0.29) is 11.6 Å². The highest BCUT2D eigenvalue weighted by Gasteiger charge is 2.22. The molecule has 1 amide bonds. The molecule has 0 aliphatic heterocycles. The van der Waals surface area contributed by atoms with Crippen molar-refractivity contribution in [2.75, 3.05) is 19.5 Å². The summed E-state index contributed by atoms with van der Waals surface area (Å²) in [5.41, 5.74) is 2.96. The van der Waals surface area contributed by atoms with E-state index in [1.165, 1.54) is 7.11 Å². The summed E-state index contributed by atoms with van der Waals surface area (Å²) in [7, 11) is 3.04. The first-order chi connectivity index (χ1) is 13.9. The smallest absolute Gasteiger partial charge is 0.242 e. The van der Waals surface area contributed by atoms with E-state index in [2.05, 4.69) is 16.4 Å². The molecule has 6 nitrogen and oxygen atoms in total. The Hall–Kier alpha value is -3.30. The Morgan fingerprint density at radius 1 is 1.21 bits per heavy atom. The predicted octanol–water partition coefficient (Wildman–Crippen LogP) is 4.53. The first-order valence-electron chi connectivity index (χ1n) is 8.93. The van der Waals surface area contributed by atoms with E-state index in [9.17, 15) is 10.1 Å². The quantitative estimate of drug-likeness (QED) is 0.604. The molecule has 29 heavy (non-hydrogen) atoms. The second kappa shape index (κ2) is 8.80. The summed E-state index contributed by atoms with van der Waals surface area (Å²) < 4.78 is 10.4. The number of nitriles is 1. The summed E-state index contributed by atoms with van der Waals surface area (Å²) in [4.78, 5) is 17.1. The van der Waals surface area contributed by atoms with Crippen LogP contribution in [0.4, 0.5) is 5.69 Å². The minimum Gasteiger partial charge on any atom is -0.497 e. The van der Waals surface area contributed by atoms with Gasteiger partial charge in [-0.25, -0.2) is 4.98 Å². The molecule has 0 radical (unpaired) electrons. The van der Waals surface area contributed by atoms with Crippen molar-refractivity contribution in [1.82, 2.24) is 4.98 Å². The molecule has 148 valence electrons. The van der Waals surface area contributed by atoms with Gasteiger partial charge in [0, 0.05) is 17.9 Å². The SMILES string of the molecule is COc1ccc(NC(=O)C(C#N)Cc2cc3ccc(C)cc3nc2Cl)c(OC)c1. The second-order valence-corrected chi connectivity index (χ2v) is 6.93. The number of benzene rings is 2. The molecular weight excluding hydrogens is 390 g/mol. The van der Waals surface area contributed by atoms with Crippen molar-refractivity contribution in [1.29, 1.82) is 5.26 Å². The Morgan fingerprint density at radius 3 is 2.69 bits per heavy atom. The van der Waals surface area contributed by atoms with Crippen LogP contribution >= 0.6 is 11.6 Å². The number of pyridine rings is 1. The van der Waals surface area contributed by atoms with Crippen LogP contribution in [-0.4, -0.2) is 25.1 Å². The van der Waals surface area contributed by atoms with Crippen LogP contribution in [0.5, 0.6) is 11.5 Å². The molecule has 0 saturated carbocycles. The number of nitrogens with one attached hydrogen (secondary N) is 1. The topological polar surface area (TPSA) is 84.2 Å². The van der Waals surface area contributed by atoms with E-state index >= 15 is 0 Å². The van der Waals surface area contributed by atoms with Gasteiger partial charge in [-0.3, -0.25) is 4.79 Å². The average molecular weight is 410 g/mol. The number of hydrogen-bond acceptors (Lipinski definition) is 5. The van der Waals surface area contributed by atoms with Gasteiger partial charge in [-0.2, -0.15) is 5.26 Å². The fourth-order valence-electron chi connectivity index (χ4n) is 2.98. The van der Waals surface area contributed by atoms with Gasteiger partial charge in [-0.15, -0.1) is 0 Å². The van der Waals surface area contributed by atoms with E-state index in [1.807, 2.05) is 31.2 Å². The Kier molecular flexibility index (Phi) is 6.20. The van der Waals surface area contributed by atoms with Crippen LogP contribution in [-0.2, 0) is 11.2 Å². The van der Waals surface area contributed by atoms with Gasteiger partial charge in [0.2, 0.25) is 5.91 Å². The van der Waals surface area contributed by atoms with Crippen LogP contribution < -0.4 is 14.8 Å². The number of anilines is 1. The lowest BCUT2D eigenvalue weighted by Gasteiger charge is -2.14. The fraction of sp³-hybridized carbons (Fsp3) is 0.227. The molecule has 1 heterocycles. The molecule has 1 N–H and O–H groups in total. The molecule has 0 aliphatic carbocycles. The monoisotopic (exact) mass is 409 g/mol. The number of halogens is 1. The summed E-state index contributed by atoms with van der Waals surface area (Å²) in [6, 6.07) is 14.8. The van der Waals surface area contributed by atoms with E-state index < -0.39 is 11.8 Å². The second-order valence-electron chi connectivity index (χ2n) is 6.58. The van der Waals surface area contributed by atoms with E-state index in [0.717, 1.165) is 16.5 Å². The molecule has 1 aromatic heterocycles. The molecule has 0 saturated heterocycles. The molecular formula is C22H20ClN3O3. The number of aromatic nitrogens is 1. The predicted molar refractivity (Wildman–Crippen MR) is 112 cm³/mol. The van der Waals surface area contributed by atoms with Gasteiger partial charge in [-0.05, 0) is 42.3 Å². The van der Waals surface area contributed by atoms with Crippen LogP contribution in [0.15, 0.2) is 42.5 Å². The third kappa shape index (κ3) is 4.58. The number of methoxy groups -OCH3 is 2. The minimum absolute atomic E-state index is 0.149. The van der Waals surface area contributed by atoms with Crippen LogP contribution in [0.3, 0.4) is 0 Å². The molecule has 3 rings (SSSR count). The van der Waals surface area contributed by atoms with Crippen LogP contribution in [0.1, 0.15) is 11.1 Å². The number of carbonyl (C=O) groups excluding carboxylic acids is 1. The molecule has 7 heteroatoms. The third-order valence-electron chi connectivity index (χ3n) is 4.56. The van der Waals surface area contributed by atoms with Crippen molar-refractivity contribution in [3.63, 3.8) is 0 Å². The highest BCUT2D eigenvalue weighted by atomic mass is 35.5. The molecule has 0 bridgehead atoms. The largest absolute Gasteiger partial charge is 0.497 e. The Morgan fingerprint density at radius 2 is 2.00 bits per heavy atom. The van der Waals surface area contributed by atoms with Crippen molar-refractivity contribution in [3.05, 3.63) is 58.7 Å². The van der Waals surface area contributed by atoms with Gasteiger partial charge in [-0.1, -0.05) is 23.7 Å². The van der Waals surface area contributed by atoms with Crippen LogP contribution in [0.2, 0.25) is 5.15 Å². The Bertz CT molecular complexity index is 1110. The first-order valence-corrected chi connectivity index (χ1v) is 9.31. The molecule has 0 fully saturated rings. The number of ether oxygens (including phenoxy) is 2. The highest BCUT2D eigenvalue weighted by Crippen LogP contribution is 2.30. The average Bonchev–Trinajstić information content (AvgIpc) is 2.72. The van der Waals surface area contributed by atoms with Gasteiger partial charge in [0.25, 0.3) is 0 Å². The lowest BCUT2D eigenvalue weighted by atomic mass is 9.99. The van der Waals surface area contributed by atoms with Crippen molar-refractivity contribution in [2.45, 2.75) is 13.3 Å². The maximum absolute atomic E-state index is 12.7. The van der Waals surface area contributed by atoms with Gasteiger partial charge in [0.15, 0.2) is 0 Å². The normalized spacial score (nSPS) is 11.6.